The van der Waals surface area contributed by atoms with E-state index in [0.29, 0.717) is 12.3 Å². The zero-order chi connectivity index (χ0) is 11.1. The van der Waals surface area contributed by atoms with Crippen molar-refractivity contribution in [3.8, 4) is 0 Å². The summed E-state index contributed by atoms with van der Waals surface area (Å²) < 4.78 is 0. The van der Waals surface area contributed by atoms with Gasteiger partial charge in [-0.05, 0) is 18.8 Å². The summed E-state index contributed by atoms with van der Waals surface area (Å²) in [6.07, 6.45) is 4.37. The van der Waals surface area contributed by atoms with Crippen LogP contribution in [0.5, 0.6) is 0 Å². The monoisotopic (exact) mass is 211 g/mol. The Hall–Kier alpha value is -1.06. The number of carbonyl (C=O) groups is 2. The highest BCUT2D eigenvalue weighted by molar-refractivity contribution is 5.89. The van der Waals surface area contributed by atoms with Crippen LogP contribution in [0.25, 0.3) is 0 Å². The van der Waals surface area contributed by atoms with Crippen LogP contribution in [-0.4, -0.2) is 23.0 Å². The minimum Gasteiger partial charge on any atom is -0.480 e. The number of hydrogen-bond donors (Lipinski definition) is 2. The van der Waals surface area contributed by atoms with E-state index in [1.807, 2.05) is 0 Å². The molecule has 1 saturated carbocycles. The molecule has 3 atom stereocenters. The number of carboxylic acid groups (broad SMARTS) is 1. The molecule has 0 bridgehead atoms. The molecule has 84 valence electrons. The lowest BCUT2D eigenvalue weighted by Gasteiger charge is -2.33. The fraction of sp³-hybridized carbons (Fsp3) is 0.818. The second kappa shape index (κ2) is 3.51. The van der Waals surface area contributed by atoms with Gasteiger partial charge in [0.2, 0.25) is 5.91 Å². The van der Waals surface area contributed by atoms with E-state index in [2.05, 4.69) is 12.2 Å². The number of nitrogens with one attached hydrogen (secondary N) is 1. The van der Waals surface area contributed by atoms with Crippen molar-refractivity contribution in [3.63, 3.8) is 0 Å². The average Bonchev–Trinajstić information content (AvgIpc) is 2.71. The summed E-state index contributed by atoms with van der Waals surface area (Å²) in [6, 6.07) is -0.655. The Morgan fingerprint density at radius 1 is 1.67 bits per heavy atom. The maximum Gasteiger partial charge on any atom is 0.326 e. The van der Waals surface area contributed by atoms with E-state index < -0.39 is 12.0 Å². The van der Waals surface area contributed by atoms with Crippen LogP contribution >= 0.6 is 0 Å². The Balaban J connectivity index is 2.31. The van der Waals surface area contributed by atoms with Crippen molar-refractivity contribution in [1.82, 2.24) is 5.32 Å². The lowest BCUT2D eigenvalue weighted by atomic mass is 9.71. The van der Waals surface area contributed by atoms with Crippen molar-refractivity contribution in [3.05, 3.63) is 0 Å². The molecule has 4 nitrogen and oxygen atoms in total. The second-order valence-electron chi connectivity index (χ2n) is 4.75. The highest BCUT2D eigenvalue weighted by Gasteiger charge is 2.56. The van der Waals surface area contributed by atoms with Crippen molar-refractivity contribution >= 4 is 11.9 Å². The van der Waals surface area contributed by atoms with Crippen molar-refractivity contribution in [2.24, 2.45) is 11.3 Å². The Morgan fingerprint density at radius 3 is 3.00 bits per heavy atom. The topological polar surface area (TPSA) is 66.4 Å². The van der Waals surface area contributed by atoms with Gasteiger partial charge in [-0.1, -0.05) is 19.8 Å². The standard InChI is InChI=1S/C11H17NO3/c1-2-7-4-3-5-11(7)6-8(13)12-9(11)10(14)15/h7,9H,2-6H2,1H3,(H,12,13)(H,14,15). The highest BCUT2D eigenvalue weighted by Crippen LogP contribution is 2.52. The molecule has 4 heteroatoms. The summed E-state index contributed by atoms with van der Waals surface area (Å²) in [4.78, 5) is 22.6. The fourth-order valence-electron chi connectivity index (χ4n) is 3.46. The van der Waals surface area contributed by atoms with Crippen LogP contribution in [0.3, 0.4) is 0 Å². The van der Waals surface area contributed by atoms with Gasteiger partial charge in [0.1, 0.15) is 6.04 Å². The molecule has 0 aromatic carbocycles. The number of hydrogen-bond acceptors (Lipinski definition) is 2. The largest absolute Gasteiger partial charge is 0.480 e. The van der Waals surface area contributed by atoms with E-state index in [1.165, 1.54) is 0 Å². The van der Waals surface area contributed by atoms with Crippen molar-refractivity contribution < 1.29 is 14.7 Å². The second-order valence-corrected chi connectivity index (χ2v) is 4.75. The molecule has 1 aliphatic heterocycles. The van der Waals surface area contributed by atoms with Crippen LogP contribution in [0.2, 0.25) is 0 Å². The van der Waals surface area contributed by atoms with Gasteiger partial charge in [-0.15, -0.1) is 0 Å². The first-order valence-corrected chi connectivity index (χ1v) is 5.62. The Bertz CT molecular complexity index is 302. The van der Waals surface area contributed by atoms with Gasteiger partial charge in [0.25, 0.3) is 0 Å². The Morgan fingerprint density at radius 2 is 2.40 bits per heavy atom. The van der Waals surface area contributed by atoms with Gasteiger partial charge in [0.15, 0.2) is 0 Å². The molecule has 15 heavy (non-hydrogen) atoms. The van der Waals surface area contributed by atoms with E-state index in [9.17, 15) is 9.59 Å². The molecule has 2 aliphatic rings. The van der Waals surface area contributed by atoms with E-state index in [1.54, 1.807) is 0 Å². The van der Waals surface area contributed by atoms with Crippen LogP contribution < -0.4 is 5.32 Å². The fourth-order valence-corrected chi connectivity index (χ4v) is 3.46. The van der Waals surface area contributed by atoms with Crippen LogP contribution in [0.4, 0.5) is 0 Å². The third kappa shape index (κ3) is 1.43. The maximum absolute atomic E-state index is 11.4. The molecule has 3 unspecified atom stereocenters. The zero-order valence-corrected chi connectivity index (χ0v) is 8.95. The molecule has 0 aromatic rings. The van der Waals surface area contributed by atoms with Gasteiger partial charge in [-0.25, -0.2) is 4.79 Å². The Kier molecular flexibility index (Phi) is 2.44. The maximum atomic E-state index is 11.4. The normalized spacial score (nSPS) is 39.7. The van der Waals surface area contributed by atoms with Crippen molar-refractivity contribution in [2.75, 3.05) is 0 Å². The molecule has 1 aliphatic carbocycles. The van der Waals surface area contributed by atoms with Crippen molar-refractivity contribution in [2.45, 2.75) is 45.1 Å². The van der Waals surface area contributed by atoms with Gasteiger partial charge in [0.05, 0.1) is 0 Å². The molecule has 2 N–H and O–H groups in total. The minimum atomic E-state index is -0.874. The predicted octanol–water partition coefficient (Wildman–Crippen LogP) is 1.16. The van der Waals surface area contributed by atoms with Crippen LogP contribution in [-0.2, 0) is 9.59 Å². The number of carbonyl (C=O) groups excluding carboxylic acids is 1. The first kappa shape index (κ1) is 10.5. The number of aliphatic carboxylic acids is 1. The summed E-state index contributed by atoms with van der Waals surface area (Å²) >= 11 is 0. The van der Waals surface area contributed by atoms with Crippen molar-refractivity contribution in [1.29, 1.82) is 0 Å². The van der Waals surface area contributed by atoms with E-state index in [-0.39, 0.29) is 11.3 Å². The molecule has 0 radical (unpaired) electrons. The van der Waals surface area contributed by atoms with Gasteiger partial charge in [-0.2, -0.15) is 0 Å². The third-order valence-corrected chi connectivity index (χ3v) is 4.12. The first-order chi connectivity index (χ1) is 7.10. The molecular formula is C11H17NO3. The van der Waals surface area contributed by atoms with Gasteiger partial charge >= 0.3 is 5.97 Å². The quantitative estimate of drug-likeness (QED) is 0.720. The first-order valence-electron chi connectivity index (χ1n) is 5.62. The molecule has 1 heterocycles. The lowest BCUT2D eigenvalue weighted by Crippen LogP contribution is -2.45. The summed E-state index contributed by atoms with van der Waals surface area (Å²) in [5.74, 6) is -0.582. The van der Waals surface area contributed by atoms with Crippen LogP contribution in [0.1, 0.15) is 39.0 Å². The number of carboxylic acids is 1. The van der Waals surface area contributed by atoms with Gasteiger partial charge < -0.3 is 10.4 Å². The van der Waals surface area contributed by atoms with Gasteiger partial charge in [0, 0.05) is 11.8 Å². The summed E-state index contributed by atoms with van der Waals surface area (Å²) in [5, 5.41) is 11.8. The molecule has 2 fully saturated rings. The number of rotatable bonds is 2. The average molecular weight is 211 g/mol. The van der Waals surface area contributed by atoms with E-state index in [4.69, 9.17) is 5.11 Å². The molecule has 2 rings (SSSR count). The van der Waals surface area contributed by atoms with E-state index >= 15 is 0 Å². The minimum absolute atomic E-state index is 0.0947. The third-order valence-electron chi connectivity index (χ3n) is 4.12. The Labute approximate surface area is 89.0 Å². The smallest absolute Gasteiger partial charge is 0.326 e. The lowest BCUT2D eigenvalue weighted by molar-refractivity contribution is -0.143. The summed E-state index contributed by atoms with van der Waals surface area (Å²) in [6.45, 7) is 2.08. The predicted molar refractivity (Wildman–Crippen MR) is 54.2 cm³/mol. The molecular weight excluding hydrogens is 194 g/mol. The number of amides is 1. The molecule has 0 aromatic heterocycles. The highest BCUT2D eigenvalue weighted by atomic mass is 16.4. The molecule has 1 amide bonds. The zero-order valence-electron chi connectivity index (χ0n) is 8.95. The van der Waals surface area contributed by atoms with Crippen LogP contribution in [0, 0.1) is 11.3 Å². The molecule has 1 spiro atoms. The van der Waals surface area contributed by atoms with Gasteiger partial charge in [-0.3, -0.25) is 4.79 Å². The van der Waals surface area contributed by atoms with E-state index in [0.717, 1.165) is 25.7 Å². The summed E-state index contributed by atoms with van der Waals surface area (Å²) in [5.41, 5.74) is -0.294. The van der Waals surface area contributed by atoms with Crippen LogP contribution in [0.15, 0.2) is 0 Å². The molecule has 1 saturated heterocycles. The summed E-state index contributed by atoms with van der Waals surface area (Å²) in [7, 11) is 0. The SMILES string of the molecule is CCC1CCCC12CC(=O)NC2C(=O)O.